The summed E-state index contributed by atoms with van der Waals surface area (Å²) in [5, 5.41) is 0.143. The number of aromatic nitrogens is 1. The smallest absolute Gasteiger partial charge is 0.410 e. The number of pyridine rings is 1. The highest BCUT2D eigenvalue weighted by molar-refractivity contribution is 6.74. The molecule has 0 saturated carbocycles. The van der Waals surface area contributed by atoms with E-state index in [4.69, 9.17) is 9.16 Å². The first-order valence-electron chi connectivity index (χ1n) is 9.25. The normalized spacial score (nSPS) is 20.9. The van der Waals surface area contributed by atoms with Crippen molar-refractivity contribution in [3.63, 3.8) is 0 Å². The molecule has 1 saturated heterocycles. The predicted molar refractivity (Wildman–Crippen MR) is 107 cm³/mol. The summed E-state index contributed by atoms with van der Waals surface area (Å²) in [5.41, 5.74) is 1.17. The van der Waals surface area contributed by atoms with Crippen molar-refractivity contribution in [1.82, 2.24) is 9.88 Å². The molecule has 144 valence electrons. The lowest BCUT2D eigenvalue weighted by Gasteiger charge is -2.38. The second-order valence-corrected chi connectivity index (χ2v) is 13.2. The first-order valence-corrected chi connectivity index (χ1v) is 12.2. The SMILES string of the molecule is C=CCOC(=O)N1CC(O[Si](C)(C)C(C)(C)C)CC1Cc1ccncc1. The number of carbonyl (C=O) groups excluding carboxylic acids is 1. The number of rotatable bonds is 6. The van der Waals surface area contributed by atoms with Crippen LogP contribution in [0.15, 0.2) is 37.2 Å². The van der Waals surface area contributed by atoms with Crippen molar-refractivity contribution in [2.45, 2.75) is 63.9 Å². The Hall–Kier alpha value is -1.66. The van der Waals surface area contributed by atoms with Crippen LogP contribution >= 0.6 is 0 Å². The van der Waals surface area contributed by atoms with Crippen LogP contribution in [0.4, 0.5) is 4.79 Å². The van der Waals surface area contributed by atoms with Gasteiger partial charge < -0.3 is 14.1 Å². The zero-order valence-corrected chi connectivity index (χ0v) is 17.7. The van der Waals surface area contributed by atoms with Gasteiger partial charge in [-0.2, -0.15) is 0 Å². The number of carbonyl (C=O) groups is 1. The second kappa shape index (κ2) is 8.35. The van der Waals surface area contributed by atoms with Gasteiger partial charge in [0, 0.05) is 25.0 Å². The van der Waals surface area contributed by atoms with Gasteiger partial charge in [-0.3, -0.25) is 4.98 Å². The van der Waals surface area contributed by atoms with Crippen molar-refractivity contribution < 1.29 is 14.0 Å². The standard InChI is InChI=1S/C20H32N2O3Si/c1-7-12-24-19(23)22-15-18(25-26(5,6)20(2,3)4)14-17(22)13-16-8-10-21-11-9-16/h7-11,17-18H,1,12-15H2,2-6H3. The maximum atomic E-state index is 12.5. The highest BCUT2D eigenvalue weighted by Crippen LogP contribution is 2.39. The molecule has 0 N–H and O–H groups in total. The van der Waals surface area contributed by atoms with Crippen molar-refractivity contribution in [2.24, 2.45) is 0 Å². The molecule has 1 aromatic heterocycles. The number of nitrogens with zero attached hydrogens (tertiary/aromatic N) is 2. The van der Waals surface area contributed by atoms with E-state index in [9.17, 15) is 4.79 Å². The molecule has 1 aliphatic heterocycles. The number of ether oxygens (including phenoxy) is 1. The first-order chi connectivity index (χ1) is 12.1. The summed E-state index contributed by atoms with van der Waals surface area (Å²) >= 11 is 0. The van der Waals surface area contributed by atoms with Crippen molar-refractivity contribution >= 4 is 14.4 Å². The largest absolute Gasteiger partial charge is 0.445 e. The molecule has 1 aliphatic rings. The molecule has 0 aliphatic carbocycles. The molecule has 6 heteroatoms. The summed E-state index contributed by atoms with van der Waals surface area (Å²) in [5.74, 6) is 0. The third kappa shape index (κ3) is 5.17. The summed E-state index contributed by atoms with van der Waals surface area (Å²) in [6.45, 7) is 15.6. The minimum atomic E-state index is -1.89. The maximum Gasteiger partial charge on any atom is 0.410 e. The molecule has 0 bridgehead atoms. The summed E-state index contributed by atoms with van der Waals surface area (Å²) in [6, 6.07) is 4.06. The molecular formula is C20H32N2O3Si. The van der Waals surface area contributed by atoms with Crippen molar-refractivity contribution in [3.8, 4) is 0 Å². The quantitative estimate of drug-likeness (QED) is 0.545. The van der Waals surface area contributed by atoms with Crippen LogP contribution in [0.1, 0.15) is 32.8 Å². The minimum absolute atomic E-state index is 0.0546. The Labute approximate surface area is 158 Å². The Morgan fingerprint density at radius 2 is 2.04 bits per heavy atom. The van der Waals surface area contributed by atoms with Crippen LogP contribution in [-0.4, -0.2) is 49.6 Å². The molecule has 0 spiro atoms. The molecule has 2 rings (SSSR count). The van der Waals surface area contributed by atoms with Gasteiger partial charge in [0.15, 0.2) is 8.32 Å². The molecule has 1 aromatic rings. The van der Waals surface area contributed by atoms with E-state index < -0.39 is 8.32 Å². The van der Waals surface area contributed by atoms with E-state index in [1.807, 2.05) is 17.0 Å². The van der Waals surface area contributed by atoms with Crippen LogP contribution in [0, 0.1) is 0 Å². The van der Waals surface area contributed by atoms with Gasteiger partial charge >= 0.3 is 6.09 Å². The predicted octanol–water partition coefficient (Wildman–Crippen LogP) is 4.41. The van der Waals surface area contributed by atoms with Crippen molar-refractivity contribution in [3.05, 3.63) is 42.7 Å². The second-order valence-electron chi connectivity index (χ2n) is 8.47. The molecule has 0 aromatic carbocycles. The van der Waals surface area contributed by atoms with Crippen molar-refractivity contribution in [2.75, 3.05) is 13.2 Å². The zero-order chi connectivity index (χ0) is 19.4. The van der Waals surface area contributed by atoms with Crippen LogP contribution in [0.5, 0.6) is 0 Å². The fourth-order valence-corrected chi connectivity index (χ4v) is 4.33. The minimum Gasteiger partial charge on any atom is -0.445 e. The lowest BCUT2D eigenvalue weighted by atomic mass is 10.0. The highest BCUT2D eigenvalue weighted by Gasteiger charge is 2.43. The Kier molecular flexibility index (Phi) is 6.63. The van der Waals surface area contributed by atoms with Gasteiger partial charge in [-0.15, -0.1) is 0 Å². The molecular weight excluding hydrogens is 344 g/mol. The highest BCUT2D eigenvalue weighted by atomic mass is 28.4. The van der Waals surface area contributed by atoms with Crippen LogP contribution < -0.4 is 0 Å². The Morgan fingerprint density at radius 3 is 2.62 bits per heavy atom. The van der Waals surface area contributed by atoms with Gasteiger partial charge in [0.2, 0.25) is 0 Å². The molecule has 1 amide bonds. The third-order valence-corrected chi connectivity index (χ3v) is 9.96. The monoisotopic (exact) mass is 376 g/mol. The van der Waals surface area contributed by atoms with E-state index in [0.717, 1.165) is 12.8 Å². The van der Waals surface area contributed by atoms with Gasteiger partial charge in [-0.25, -0.2) is 4.79 Å². The van der Waals surface area contributed by atoms with Gasteiger partial charge in [0.25, 0.3) is 0 Å². The van der Waals surface area contributed by atoms with Gasteiger partial charge in [0.1, 0.15) is 6.61 Å². The average molecular weight is 377 g/mol. The molecule has 26 heavy (non-hydrogen) atoms. The fraction of sp³-hybridized carbons (Fsp3) is 0.600. The van der Waals surface area contributed by atoms with Crippen LogP contribution in [0.3, 0.4) is 0 Å². The number of hydrogen-bond acceptors (Lipinski definition) is 4. The van der Waals surface area contributed by atoms with E-state index in [0.29, 0.717) is 6.54 Å². The maximum absolute atomic E-state index is 12.5. The number of amides is 1. The lowest BCUT2D eigenvalue weighted by molar-refractivity contribution is 0.103. The fourth-order valence-electron chi connectivity index (χ4n) is 2.97. The molecule has 1 fully saturated rings. The van der Waals surface area contributed by atoms with E-state index in [-0.39, 0.29) is 29.9 Å². The first kappa shape index (κ1) is 20.6. The van der Waals surface area contributed by atoms with Gasteiger partial charge in [-0.1, -0.05) is 33.4 Å². The molecule has 0 radical (unpaired) electrons. The molecule has 2 heterocycles. The lowest BCUT2D eigenvalue weighted by Crippen LogP contribution is -2.44. The van der Waals surface area contributed by atoms with Crippen LogP contribution in [-0.2, 0) is 15.6 Å². The summed E-state index contributed by atoms with van der Waals surface area (Å²) in [6.07, 6.45) is 6.54. The van der Waals surface area contributed by atoms with Crippen LogP contribution in [0.25, 0.3) is 0 Å². The number of likely N-dealkylation sites (tertiary alicyclic amines) is 1. The topological polar surface area (TPSA) is 51.7 Å². The van der Waals surface area contributed by atoms with E-state index >= 15 is 0 Å². The Balaban J connectivity index is 2.12. The van der Waals surface area contributed by atoms with E-state index in [1.54, 1.807) is 18.5 Å². The van der Waals surface area contributed by atoms with E-state index in [1.165, 1.54) is 5.56 Å². The summed E-state index contributed by atoms with van der Waals surface area (Å²) in [4.78, 5) is 18.4. The zero-order valence-electron chi connectivity index (χ0n) is 16.7. The molecule has 5 nitrogen and oxygen atoms in total. The third-order valence-electron chi connectivity index (χ3n) is 5.42. The number of hydrogen-bond donors (Lipinski definition) is 0. The Morgan fingerprint density at radius 1 is 1.38 bits per heavy atom. The molecule has 2 unspecified atom stereocenters. The van der Waals surface area contributed by atoms with E-state index in [2.05, 4.69) is 45.4 Å². The van der Waals surface area contributed by atoms with Crippen LogP contribution in [0.2, 0.25) is 18.1 Å². The van der Waals surface area contributed by atoms with Gasteiger partial charge in [0.05, 0.1) is 6.10 Å². The average Bonchev–Trinajstić information content (AvgIpc) is 2.94. The summed E-state index contributed by atoms with van der Waals surface area (Å²) in [7, 11) is -1.89. The van der Waals surface area contributed by atoms with Gasteiger partial charge in [-0.05, 0) is 48.7 Å². The molecule has 2 atom stereocenters. The Bertz CT molecular complexity index is 613. The van der Waals surface area contributed by atoms with Crippen molar-refractivity contribution in [1.29, 1.82) is 0 Å². The summed E-state index contributed by atoms with van der Waals surface area (Å²) < 4.78 is 11.9.